The number of amides is 1. The molecule has 0 aliphatic carbocycles. The molecule has 0 bridgehead atoms. The van der Waals surface area contributed by atoms with E-state index in [1.807, 2.05) is 36.4 Å². The van der Waals surface area contributed by atoms with Crippen LogP contribution in [0.3, 0.4) is 0 Å². The second-order valence-electron chi connectivity index (χ2n) is 6.27. The number of aryl methyl sites for hydroxylation is 1. The van der Waals surface area contributed by atoms with Crippen LogP contribution in [0.4, 0.5) is 0 Å². The quantitative estimate of drug-likeness (QED) is 0.538. The molecule has 0 saturated heterocycles. The molecule has 1 aromatic heterocycles. The van der Waals surface area contributed by atoms with Crippen LogP contribution in [-0.2, 0) is 9.53 Å². The number of nitriles is 1. The van der Waals surface area contributed by atoms with E-state index in [1.54, 1.807) is 13.8 Å². The molecule has 7 nitrogen and oxygen atoms in total. The Labute approximate surface area is 173 Å². The van der Waals surface area contributed by atoms with Gasteiger partial charge in [-0.05, 0) is 25.5 Å². The maximum absolute atomic E-state index is 12.6. The van der Waals surface area contributed by atoms with E-state index in [0.29, 0.717) is 23.7 Å². The number of pyridine rings is 1. The first-order valence-electron chi connectivity index (χ1n) is 9.18. The number of carbonyl (C=O) groups is 2. The van der Waals surface area contributed by atoms with E-state index in [-0.39, 0.29) is 29.4 Å². The molecular formula is C21H20N4O3S. The van der Waals surface area contributed by atoms with Crippen LogP contribution in [-0.4, -0.2) is 46.5 Å². The van der Waals surface area contributed by atoms with Crippen LogP contribution < -0.4 is 0 Å². The largest absolute Gasteiger partial charge is 0.462 e. The number of aromatic nitrogens is 1. The normalized spacial score (nSPS) is 13.0. The van der Waals surface area contributed by atoms with E-state index in [9.17, 15) is 14.9 Å². The first kappa shape index (κ1) is 20.6. The predicted octanol–water partition coefficient (Wildman–Crippen LogP) is 3.17. The van der Waals surface area contributed by atoms with Gasteiger partial charge in [0, 0.05) is 6.42 Å². The number of rotatable bonds is 6. The summed E-state index contributed by atoms with van der Waals surface area (Å²) in [4.78, 5) is 28.9. The van der Waals surface area contributed by atoms with Crippen molar-refractivity contribution in [3.63, 3.8) is 0 Å². The zero-order valence-electron chi connectivity index (χ0n) is 16.2. The van der Waals surface area contributed by atoms with E-state index >= 15 is 0 Å². The van der Waals surface area contributed by atoms with Crippen molar-refractivity contribution >= 4 is 29.4 Å². The number of esters is 1. The number of nitrogens with zero attached hydrogens (tertiary/aromatic N) is 4. The molecule has 29 heavy (non-hydrogen) atoms. The molecule has 0 N–H and O–H groups in total. The second kappa shape index (κ2) is 9.34. The summed E-state index contributed by atoms with van der Waals surface area (Å²) in [5.41, 5.74) is 2.86. The Morgan fingerprint density at radius 1 is 1.31 bits per heavy atom. The average Bonchev–Trinajstić information content (AvgIpc) is 3.23. The van der Waals surface area contributed by atoms with Gasteiger partial charge in [-0.1, -0.05) is 42.1 Å². The van der Waals surface area contributed by atoms with Gasteiger partial charge in [0.1, 0.15) is 11.1 Å². The summed E-state index contributed by atoms with van der Waals surface area (Å²) < 4.78 is 4.99. The smallest absolute Gasteiger partial charge is 0.340 e. The lowest BCUT2D eigenvalue weighted by Crippen LogP contribution is -2.25. The lowest BCUT2D eigenvalue weighted by atomic mass is 10.1. The summed E-state index contributed by atoms with van der Waals surface area (Å²) in [6.07, 6.45) is 0.704. The highest BCUT2D eigenvalue weighted by molar-refractivity contribution is 8.00. The van der Waals surface area contributed by atoms with Crippen molar-refractivity contribution in [3.8, 4) is 6.07 Å². The van der Waals surface area contributed by atoms with Crippen molar-refractivity contribution in [1.29, 1.82) is 5.26 Å². The minimum atomic E-state index is -0.513. The molecule has 0 saturated carbocycles. The third-order valence-electron chi connectivity index (χ3n) is 4.32. The summed E-state index contributed by atoms with van der Waals surface area (Å²) in [5.74, 6) is -0.564. The summed E-state index contributed by atoms with van der Waals surface area (Å²) >= 11 is 1.17. The number of carbonyl (C=O) groups excluding carboxylic acids is 2. The van der Waals surface area contributed by atoms with Gasteiger partial charge < -0.3 is 4.74 Å². The first-order chi connectivity index (χ1) is 14.0. The van der Waals surface area contributed by atoms with Gasteiger partial charge in [-0.15, -0.1) is 0 Å². The number of hydrogen-bond donors (Lipinski definition) is 0. The number of thioether (sulfide) groups is 1. The van der Waals surface area contributed by atoms with Crippen molar-refractivity contribution < 1.29 is 14.3 Å². The maximum Gasteiger partial charge on any atom is 0.340 e. The highest BCUT2D eigenvalue weighted by atomic mass is 32.2. The minimum absolute atomic E-state index is 0.103. The van der Waals surface area contributed by atoms with Crippen LogP contribution in [0.15, 0.2) is 46.5 Å². The molecule has 148 valence electrons. The number of ether oxygens (including phenoxy) is 1. The standard InChI is InChI=1S/C21H20N4O3S/c1-3-28-21(27)17-11-16(12-22)20(23-14(17)2)29-13-19(26)25-10-9-18(24-25)15-7-5-4-6-8-15/h4-8,11H,3,9-10,13H2,1-2H3. The molecule has 8 heteroatoms. The highest BCUT2D eigenvalue weighted by Crippen LogP contribution is 2.24. The van der Waals surface area contributed by atoms with E-state index in [4.69, 9.17) is 4.74 Å². The first-order valence-corrected chi connectivity index (χ1v) is 10.2. The fourth-order valence-corrected chi connectivity index (χ4v) is 3.73. The Morgan fingerprint density at radius 3 is 2.76 bits per heavy atom. The average molecular weight is 408 g/mol. The van der Waals surface area contributed by atoms with E-state index in [0.717, 1.165) is 11.3 Å². The predicted molar refractivity (Wildman–Crippen MR) is 110 cm³/mol. The van der Waals surface area contributed by atoms with E-state index in [1.165, 1.54) is 22.8 Å². The SMILES string of the molecule is CCOC(=O)c1cc(C#N)c(SCC(=O)N2CCC(c3ccccc3)=N2)nc1C. The molecule has 1 aliphatic heterocycles. The van der Waals surface area contributed by atoms with Crippen molar-refractivity contribution in [3.05, 3.63) is 58.8 Å². The minimum Gasteiger partial charge on any atom is -0.462 e. The van der Waals surface area contributed by atoms with Crippen LogP contribution in [0.25, 0.3) is 0 Å². The van der Waals surface area contributed by atoms with Crippen molar-refractivity contribution in [2.75, 3.05) is 18.9 Å². The summed E-state index contributed by atoms with van der Waals surface area (Å²) in [6.45, 7) is 4.16. The van der Waals surface area contributed by atoms with Gasteiger partial charge in [-0.3, -0.25) is 4.79 Å². The molecular weight excluding hydrogens is 388 g/mol. The van der Waals surface area contributed by atoms with Crippen LogP contribution >= 0.6 is 11.8 Å². The van der Waals surface area contributed by atoms with Gasteiger partial charge in [0.05, 0.1) is 41.4 Å². The van der Waals surface area contributed by atoms with Gasteiger partial charge in [0.2, 0.25) is 0 Å². The molecule has 0 unspecified atom stereocenters. The van der Waals surface area contributed by atoms with Gasteiger partial charge in [0.25, 0.3) is 5.91 Å². The molecule has 3 rings (SSSR count). The monoisotopic (exact) mass is 408 g/mol. The summed E-state index contributed by atoms with van der Waals surface area (Å²) in [7, 11) is 0. The van der Waals surface area contributed by atoms with E-state index < -0.39 is 5.97 Å². The van der Waals surface area contributed by atoms with Crippen LogP contribution in [0.2, 0.25) is 0 Å². The third-order valence-corrected chi connectivity index (χ3v) is 5.30. The maximum atomic E-state index is 12.6. The molecule has 1 amide bonds. The van der Waals surface area contributed by atoms with Gasteiger partial charge in [0.15, 0.2) is 0 Å². The van der Waals surface area contributed by atoms with Gasteiger partial charge >= 0.3 is 5.97 Å². The van der Waals surface area contributed by atoms with E-state index in [2.05, 4.69) is 10.1 Å². The lowest BCUT2D eigenvalue weighted by Gasteiger charge is -2.12. The Bertz CT molecular complexity index is 999. The number of benzene rings is 1. The number of hydrogen-bond acceptors (Lipinski definition) is 7. The molecule has 2 heterocycles. The Morgan fingerprint density at radius 2 is 2.07 bits per heavy atom. The topological polar surface area (TPSA) is 95.6 Å². The third kappa shape index (κ3) is 4.81. The van der Waals surface area contributed by atoms with Crippen LogP contribution in [0, 0.1) is 18.3 Å². The van der Waals surface area contributed by atoms with Crippen molar-refractivity contribution in [1.82, 2.24) is 9.99 Å². The fraction of sp³-hybridized carbons (Fsp3) is 0.286. The Hall–Kier alpha value is -3.18. The fourth-order valence-electron chi connectivity index (χ4n) is 2.86. The van der Waals surface area contributed by atoms with Gasteiger partial charge in [-0.2, -0.15) is 10.4 Å². The Balaban J connectivity index is 1.69. The molecule has 2 aromatic rings. The summed E-state index contributed by atoms with van der Waals surface area (Å²) in [6, 6.07) is 13.3. The molecule has 0 atom stereocenters. The van der Waals surface area contributed by atoms with Crippen molar-refractivity contribution in [2.45, 2.75) is 25.3 Å². The molecule has 0 spiro atoms. The zero-order chi connectivity index (χ0) is 20.8. The lowest BCUT2D eigenvalue weighted by molar-refractivity contribution is -0.127. The molecule has 0 fully saturated rings. The van der Waals surface area contributed by atoms with Crippen LogP contribution in [0.1, 0.15) is 40.5 Å². The summed E-state index contributed by atoms with van der Waals surface area (Å²) in [5, 5.41) is 15.7. The van der Waals surface area contributed by atoms with Crippen molar-refractivity contribution in [2.24, 2.45) is 5.10 Å². The zero-order valence-corrected chi connectivity index (χ0v) is 17.0. The highest BCUT2D eigenvalue weighted by Gasteiger charge is 2.23. The second-order valence-corrected chi connectivity index (χ2v) is 7.24. The number of hydrazone groups is 1. The molecule has 1 aliphatic rings. The molecule has 0 radical (unpaired) electrons. The van der Waals surface area contributed by atoms with Crippen LogP contribution in [0.5, 0.6) is 0 Å². The molecule has 1 aromatic carbocycles. The van der Waals surface area contributed by atoms with Gasteiger partial charge in [-0.25, -0.2) is 14.8 Å². The Kier molecular flexibility index (Phi) is 6.62.